The zero-order chi connectivity index (χ0) is 21.6. The van der Waals surface area contributed by atoms with E-state index in [9.17, 15) is 9.59 Å². The van der Waals surface area contributed by atoms with Crippen LogP contribution >= 0.6 is 0 Å². The lowest BCUT2D eigenvalue weighted by Gasteiger charge is -2.29. The lowest BCUT2D eigenvalue weighted by atomic mass is 10.0. The Labute approximate surface area is 178 Å². The van der Waals surface area contributed by atoms with Crippen LogP contribution in [0.4, 0.5) is 5.69 Å². The molecule has 0 unspecified atom stereocenters. The first kappa shape index (κ1) is 18.9. The van der Waals surface area contributed by atoms with Crippen molar-refractivity contribution in [2.24, 2.45) is 0 Å². The van der Waals surface area contributed by atoms with Gasteiger partial charge in [0.05, 0.1) is 0 Å². The average molecular weight is 413 g/mol. The maximum atomic E-state index is 12.0. The van der Waals surface area contributed by atoms with Crippen LogP contribution in [0.3, 0.4) is 0 Å². The van der Waals surface area contributed by atoms with Crippen molar-refractivity contribution in [3.8, 4) is 11.1 Å². The lowest BCUT2D eigenvalue weighted by molar-refractivity contribution is -0.222. The van der Waals surface area contributed by atoms with E-state index in [1.54, 1.807) is 0 Å². The number of para-hydroxylation sites is 2. The zero-order valence-electron chi connectivity index (χ0n) is 17.0. The highest BCUT2D eigenvalue weighted by atomic mass is 16.7. The Hall–Kier alpha value is -4.06. The zero-order valence-corrected chi connectivity index (χ0v) is 17.0. The van der Waals surface area contributed by atoms with Gasteiger partial charge in [0.25, 0.3) is 5.79 Å². The van der Waals surface area contributed by atoms with E-state index in [0.29, 0.717) is 5.69 Å². The summed E-state index contributed by atoms with van der Waals surface area (Å²) in [6.45, 7) is 3.02. The number of fused-ring (bicyclic) bond motifs is 3. The van der Waals surface area contributed by atoms with Gasteiger partial charge in [-0.2, -0.15) is 0 Å². The van der Waals surface area contributed by atoms with E-state index in [0.717, 1.165) is 33.1 Å². The first-order chi connectivity index (χ1) is 14.9. The molecule has 0 atom stereocenters. The Morgan fingerprint density at radius 2 is 1.48 bits per heavy atom. The monoisotopic (exact) mass is 413 g/mol. The van der Waals surface area contributed by atoms with Gasteiger partial charge in [0, 0.05) is 42.1 Å². The van der Waals surface area contributed by atoms with E-state index >= 15 is 0 Å². The molecule has 0 spiro atoms. The van der Waals surface area contributed by atoms with Crippen LogP contribution in [-0.4, -0.2) is 17.7 Å². The molecule has 1 saturated heterocycles. The first-order valence-electron chi connectivity index (χ1n) is 9.85. The Bertz CT molecular complexity index is 1340. The maximum absolute atomic E-state index is 12.0. The van der Waals surface area contributed by atoms with Gasteiger partial charge in [-0.05, 0) is 23.8 Å². The standard InChI is InChI=1S/C25H19NO5/c1-25(2)30-23(27)20(24(28)31-25)14-26-16-12-10-15(11-13-16)17-7-5-8-19-18-6-3-4-9-21(18)29-22(17)19/h3-14,26H,1-2H3. The van der Waals surface area contributed by atoms with Gasteiger partial charge in [0.15, 0.2) is 5.57 Å². The Kier molecular flexibility index (Phi) is 4.29. The Morgan fingerprint density at radius 3 is 2.23 bits per heavy atom. The van der Waals surface area contributed by atoms with Crippen molar-refractivity contribution in [3.05, 3.63) is 78.5 Å². The number of ether oxygens (including phenoxy) is 2. The third-order valence-corrected chi connectivity index (χ3v) is 5.10. The summed E-state index contributed by atoms with van der Waals surface area (Å²) in [6, 6.07) is 21.7. The van der Waals surface area contributed by atoms with Crippen LogP contribution in [-0.2, 0) is 19.1 Å². The summed E-state index contributed by atoms with van der Waals surface area (Å²) in [4.78, 5) is 24.1. The third kappa shape index (κ3) is 3.42. The second-order valence-electron chi connectivity index (χ2n) is 7.74. The van der Waals surface area contributed by atoms with E-state index in [-0.39, 0.29) is 5.57 Å². The van der Waals surface area contributed by atoms with Gasteiger partial charge in [-0.25, -0.2) is 9.59 Å². The normalized spacial score (nSPS) is 15.6. The van der Waals surface area contributed by atoms with Gasteiger partial charge in [0.1, 0.15) is 11.2 Å². The van der Waals surface area contributed by atoms with Gasteiger partial charge < -0.3 is 19.2 Å². The van der Waals surface area contributed by atoms with E-state index in [1.165, 1.54) is 20.0 Å². The molecular formula is C25H19NO5. The molecule has 6 heteroatoms. The van der Waals surface area contributed by atoms with Crippen molar-refractivity contribution in [2.45, 2.75) is 19.6 Å². The molecular weight excluding hydrogens is 394 g/mol. The minimum atomic E-state index is -1.26. The summed E-state index contributed by atoms with van der Waals surface area (Å²) in [5.41, 5.74) is 4.18. The SMILES string of the molecule is CC1(C)OC(=O)C(=CNc2ccc(-c3cccc4c3oc3ccccc34)cc2)C(=O)O1. The third-order valence-electron chi connectivity index (χ3n) is 5.10. The molecule has 1 N–H and O–H groups in total. The summed E-state index contributed by atoms with van der Waals surface area (Å²) in [6.07, 6.45) is 1.30. The average Bonchev–Trinajstić information content (AvgIpc) is 3.12. The summed E-state index contributed by atoms with van der Waals surface area (Å²) in [5.74, 6) is -2.70. The summed E-state index contributed by atoms with van der Waals surface area (Å²) < 4.78 is 16.3. The van der Waals surface area contributed by atoms with E-state index < -0.39 is 17.7 Å². The van der Waals surface area contributed by atoms with Gasteiger partial charge >= 0.3 is 11.9 Å². The number of furan rings is 1. The minimum absolute atomic E-state index is 0.185. The summed E-state index contributed by atoms with van der Waals surface area (Å²) in [5, 5.41) is 5.10. The topological polar surface area (TPSA) is 77.8 Å². The van der Waals surface area contributed by atoms with Crippen LogP contribution in [0, 0.1) is 0 Å². The predicted molar refractivity (Wildman–Crippen MR) is 117 cm³/mol. The van der Waals surface area contributed by atoms with Crippen LogP contribution in [0.15, 0.2) is 82.9 Å². The molecule has 0 saturated carbocycles. The van der Waals surface area contributed by atoms with Crippen LogP contribution in [0.25, 0.3) is 33.1 Å². The molecule has 31 heavy (non-hydrogen) atoms. The number of rotatable bonds is 3. The number of anilines is 1. The molecule has 0 bridgehead atoms. The smallest absolute Gasteiger partial charge is 0.350 e. The molecule has 0 aliphatic carbocycles. The van der Waals surface area contributed by atoms with Crippen molar-refractivity contribution in [3.63, 3.8) is 0 Å². The highest BCUT2D eigenvalue weighted by Crippen LogP contribution is 2.35. The Balaban J connectivity index is 1.42. The summed E-state index contributed by atoms with van der Waals surface area (Å²) >= 11 is 0. The van der Waals surface area contributed by atoms with Crippen molar-refractivity contribution in [2.75, 3.05) is 5.32 Å². The summed E-state index contributed by atoms with van der Waals surface area (Å²) in [7, 11) is 0. The predicted octanol–water partition coefficient (Wildman–Crippen LogP) is 5.38. The molecule has 1 fully saturated rings. The highest BCUT2D eigenvalue weighted by molar-refractivity contribution is 6.15. The molecule has 5 rings (SSSR count). The van der Waals surface area contributed by atoms with Crippen LogP contribution in [0.1, 0.15) is 13.8 Å². The number of hydrogen-bond donors (Lipinski definition) is 1. The second-order valence-corrected chi connectivity index (χ2v) is 7.74. The fraction of sp³-hybridized carbons (Fsp3) is 0.120. The number of cyclic esters (lactones) is 2. The molecule has 1 aliphatic heterocycles. The number of nitrogens with one attached hydrogen (secondary N) is 1. The van der Waals surface area contributed by atoms with Crippen LogP contribution in [0.5, 0.6) is 0 Å². The number of esters is 2. The van der Waals surface area contributed by atoms with Crippen molar-refractivity contribution in [1.29, 1.82) is 0 Å². The molecule has 6 nitrogen and oxygen atoms in total. The quantitative estimate of drug-likeness (QED) is 0.276. The van der Waals surface area contributed by atoms with Gasteiger partial charge in [-0.15, -0.1) is 0 Å². The van der Waals surface area contributed by atoms with Crippen molar-refractivity contribution >= 4 is 39.6 Å². The first-order valence-corrected chi connectivity index (χ1v) is 9.85. The largest absolute Gasteiger partial charge is 0.455 e. The van der Waals surface area contributed by atoms with Crippen LogP contribution in [0.2, 0.25) is 0 Å². The molecule has 2 heterocycles. The Morgan fingerprint density at radius 1 is 0.806 bits per heavy atom. The lowest BCUT2D eigenvalue weighted by Crippen LogP contribution is -2.42. The number of hydrogen-bond acceptors (Lipinski definition) is 6. The number of benzene rings is 3. The van der Waals surface area contributed by atoms with E-state index in [1.807, 2.05) is 60.7 Å². The number of carbonyl (C=O) groups is 2. The minimum Gasteiger partial charge on any atom is -0.455 e. The van der Waals surface area contributed by atoms with E-state index in [2.05, 4.69) is 11.4 Å². The molecule has 154 valence electrons. The molecule has 0 amide bonds. The van der Waals surface area contributed by atoms with Gasteiger partial charge in [0.2, 0.25) is 0 Å². The molecule has 0 radical (unpaired) electrons. The fourth-order valence-corrected chi connectivity index (χ4v) is 3.65. The van der Waals surface area contributed by atoms with Gasteiger partial charge in [-0.1, -0.05) is 48.5 Å². The maximum Gasteiger partial charge on any atom is 0.350 e. The molecule has 1 aromatic heterocycles. The van der Waals surface area contributed by atoms with Crippen LogP contribution < -0.4 is 5.32 Å². The molecule has 4 aromatic rings. The fourth-order valence-electron chi connectivity index (χ4n) is 3.65. The van der Waals surface area contributed by atoms with E-state index in [4.69, 9.17) is 13.9 Å². The number of carbonyl (C=O) groups excluding carboxylic acids is 2. The second kappa shape index (κ2) is 7.02. The molecule has 3 aromatic carbocycles. The molecule has 1 aliphatic rings. The van der Waals surface area contributed by atoms with Crippen molar-refractivity contribution < 1.29 is 23.5 Å². The van der Waals surface area contributed by atoms with Crippen molar-refractivity contribution in [1.82, 2.24) is 0 Å². The van der Waals surface area contributed by atoms with Gasteiger partial charge in [-0.3, -0.25) is 0 Å². The highest BCUT2D eigenvalue weighted by Gasteiger charge is 2.38.